The van der Waals surface area contributed by atoms with Crippen molar-refractivity contribution in [2.24, 2.45) is 0 Å². The van der Waals surface area contributed by atoms with Gasteiger partial charge in [-0.05, 0) is 18.2 Å². The van der Waals surface area contributed by atoms with Crippen LogP contribution < -0.4 is 0 Å². The monoisotopic (exact) mass is 210 g/mol. The van der Waals surface area contributed by atoms with Crippen LogP contribution in [-0.2, 0) is 14.6 Å². The Hall–Kier alpha value is -1.62. The summed E-state index contributed by atoms with van der Waals surface area (Å²) in [5.41, 5.74) is 0.470. The Labute approximate surface area is 80.4 Å². The summed E-state index contributed by atoms with van der Waals surface area (Å²) in [4.78, 5) is 10.5. The molecule has 0 atom stereocenters. The zero-order valence-corrected chi connectivity index (χ0v) is 7.78. The maximum atomic E-state index is 11.4. The molecule has 0 aliphatic carbocycles. The maximum Gasteiger partial charge on any atom is 0.201 e. The first-order valence-electron chi connectivity index (χ1n) is 3.80. The third-order valence-electron chi connectivity index (χ3n) is 1.99. The Balaban J connectivity index is 2.81. The topological polar surface area (TPSA) is 71.4 Å². The van der Waals surface area contributed by atoms with E-state index < -0.39 is 9.84 Å². The van der Waals surface area contributed by atoms with Crippen molar-refractivity contribution >= 4 is 21.7 Å². The van der Waals surface area contributed by atoms with Gasteiger partial charge in [0.05, 0.1) is 4.90 Å². The number of allylic oxidation sites excluding steroid dienone is 1. The van der Waals surface area contributed by atoms with Gasteiger partial charge in [0.15, 0.2) is 6.29 Å². The lowest BCUT2D eigenvalue weighted by Crippen LogP contribution is -1.92. The van der Waals surface area contributed by atoms with Gasteiger partial charge in [0, 0.05) is 16.5 Å². The van der Waals surface area contributed by atoms with Crippen LogP contribution in [0.5, 0.6) is 5.75 Å². The van der Waals surface area contributed by atoms with E-state index in [1.165, 1.54) is 12.1 Å². The van der Waals surface area contributed by atoms with Gasteiger partial charge in [0.2, 0.25) is 9.84 Å². The quantitative estimate of drug-likeness (QED) is 0.693. The van der Waals surface area contributed by atoms with E-state index in [4.69, 9.17) is 5.11 Å². The van der Waals surface area contributed by atoms with Gasteiger partial charge in [-0.25, -0.2) is 8.42 Å². The normalized spacial score (nSPS) is 17.3. The summed E-state index contributed by atoms with van der Waals surface area (Å²) >= 11 is 0. The molecule has 0 unspecified atom stereocenters. The fourth-order valence-corrected chi connectivity index (χ4v) is 2.79. The number of hydrogen-bond donors (Lipinski definition) is 1. The molecule has 0 radical (unpaired) electrons. The molecule has 14 heavy (non-hydrogen) atoms. The smallest absolute Gasteiger partial charge is 0.201 e. The molecule has 2 rings (SSSR count). The number of carbonyl (C=O) groups excluding carboxylic acids is 1. The number of phenolic OH excluding ortho intramolecular Hbond substituents is 1. The van der Waals surface area contributed by atoms with Gasteiger partial charge in [0.25, 0.3) is 0 Å². The summed E-state index contributed by atoms with van der Waals surface area (Å²) < 4.78 is 22.9. The molecule has 1 aliphatic rings. The van der Waals surface area contributed by atoms with Crippen molar-refractivity contribution in [1.82, 2.24) is 0 Å². The van der Waals surface area contributed by atoms with E-state index >= 15 is 0 Å². The van der Waals surface area contributed by atoms with Crippen molar-refractivity contribution in [2.45, 2.75) is 4.90 Å². The molecule has 1 N–H and O–H groups in total. The second-order valence-electron chi connectivity index (χ2n) is 2.92. The second kappa shape index (κ2) is 2.68. The Morgan fingerprint density at radius 1 is 1.29 bits per heavy atom. The molecule has 0 amide bonds. The lowest BCUT2D eigenvalue weighted by Gasteiger charge is -1.99. The van der Waals surface area contributed by atoms with Crippen LogP contribution in [0.4, 0.5) is 0 Å². The van der Waals surface area contributed by atoms with Gasteiger partial charge in [0.1, 0.15) is 5.75 Å². The van der Waals surface area contributed by atoms with E-state index in [2.05, 4.69) is 0 Å². The summed E-state index contributed by atoms with van der Waals surface area (Å²) in [6.07, 6.45) is 0.487. The van der Waals surface area contributed by atoms with Gasteiger partial charge in [-0.1, -0.05) is 0 Å². The second-order valence-corrected chi connectivity index (χ2v) is 4.68. The number of benzene rings is 1. The highest BCUT2D eigenvalue weighted by Crippen LogP contribution is 2.34. The first-order chi connectivity index (χ1) is 6.54. The SMILES string of the molecule is O=CC1=CS(=O)(=O)c2cc(O)ccc21. The van der Waals surface area contributed by atoms with Crippen molar-refractivity contribution < 1.29 is 18.3 Å². The minimum atomic E-state index is -3.54. The minimum Gasteiger partial charge on any atom is -0.508 e. The molecule has 1 heterocycles. The summed E-state index contributed by atoms with van der Waals surface area (Å²) in [5, 5.41) is 10.0. The van der Waals surface area contributed by atoms with Gasteiger partial charge in [-0.15, -0.1) is 0 Å². The molecular formula is C9H6O4S. The summed E-state index contributed by atoms with van der Waals surface area (Å²) in [7, 11) is -3.54. The Morgan fingerprint density at radius 2 is 2.00 bits per heavy atom. The van der Waals surface area contributed by atoms with E-state index in [9.17, 15) is 13.2 Å². The molecule has 0 spiro atoms. The third-order valence-corrected chi connectivity index (χ3v) is 3.51. The molecule has 4 nitrogen and oxygen atoms in total. The number of hydrogen-bond acceptors (Lipinski definition) is 4. The largest absolute Gasteiger partial charge is 0.508 e. The number of rotatable bonds is 1. The number of phenols is 1. The first kappa shape index (κ1) is 8.96. The molecule has 1 aromatic carbocycles. The highest BCUT2D eigenvalue weighted by atomic mass is 32.2. The van der Waals surface area contributed by atoms with E-state index in [1.807, 2.05) is 0 Å². The maximum absolute atomic E-state index is 11.4. The molecule has 1 aromatic rings. The molecular weight excluding hydrogens is 204 g/mol. The van der Waals surface area contributed by atoms with Crippen LogP contribution in [0.25, 0.3) is 5.57 Å². The summed E-state index contributed by atoms with van der Waals surface area (Å²) in [5.74, 6) is -0.132. The lowest BCUT2D eigenvalue weighted by atomic mass is 10.1. The molecule has 72 valence electrons. The number of aromatic hydroxyl groups is 1. The van der Waals surface area contributed by atoms with Crippen molar-refractivity contribution in [3.8, 4) is 5.75 Å². The fraction of sp³-hybridized carbons (Fsp3) is 0. The molecule has 0 aromatic heterocycles. The van der Waals surface area contributed by atoms with Crippen LogP contribution in [0.15, 0.2) is 28.5 Å². The van der Waals surface area contributed by atoms with Crippen LogP contribution in [0.2, 0.25) is 0 Å². The Morgan fingerprint density at radius 3 is 2.64 bits per heavy atom. The van der Waals surface area contributed by atoms with E-state index in [0.717, 1.165) is 11.5 Å². The molecule has 5 heteroatoms. The van der Waals surface area contributed by atoms with Crippen LogP contribution in [0, 0.1) is 0 Å². The predicted molar refractivity (Wildman–Crippen MR) is 49.3 cm³/mol. The molecule has 0 bridgehead atoms. The molecule has 0 saturated heterocycles. The van der Waals surface area contributed by atoms with Crippen LogP contribution in [0.1, 0.15) is 5.56 Å². The van der Waals surface area contributed by atoms with Crippen LogP contribution >= 0.6 is 0 Å². The first-order valence-corrected chi connectivity index (χ1v) is 5.34. The number of sulfone groups is 1. The average Bonchev–Trinajstić information content (AvgIpc) is 2.38. The zero-order chi connectivity index (χ0) is 10.3. The lowest BCUT2D eigenvalue weighted by molar-refractivity contribution is -0.103. The average molecular weight is 210 g/mol. The third kappa shape index (κ3) is 1.13. The van der Waals surface area contributed by atoms with Gasteiger partial charge in [-0.2, -0.15) is 0 Å². The highest BCUT2D eigenvalue weighted by Gasteiger charge is 2.26. The predicted octanol–water partition coefficient (Wildman–Crippen LogP) is 0.719. The Kier molecular flexibility index (Phi) is 1.72. The van der Waals surface area contributed by atoms with Crippen LogP contribution in [0.3, 0.4) is 0 Å². The van der Waals surface area contributed by atoms with Gasteiger partial charge < -0.3 is 5.11 Å². The van der Waals surface area contributed by atoms with E-state index in [-0.39, 0.29) is 16.2 Å². The summed E-state index contributed by atoms with van der Waals surface area (Å²) in [6, 6.07) is 3.89. The van der Waals surface area contributed by atoms with Crippen LogP contribution in [-0.4, -0.2) is 19.8 Å². The van der Waals surface area contributed by atoms with E-state index in [1.54, 1.807) is 0 Å². The highest BCUT2D eigenvalue weighted by molar-refractivity contribution is 7.95. The standard InChI is InChI=1S/C9H6O4S/c10-4-6-5-14(12,13)9-3-7(11)1-2-8(6)9/h1-5,11H. The van der Waals surface area contributed by atoms with Gasteiger partial charge >= 0.3 is 0 Å². The number of aldehydes is 1. The van der Waals surface area contributed by atoms with Crippen molar-refractivity contribution in [3.05, 3.63) is 29.2 Å². The van der Waals surface area contributed by atoms with Crippen molar-refractivity contribution in [1.29, 1.82) is 0 Å². The van der Waals surface area contributed by atoms with Gasteiger partial charge in [-0.3, -0.25) is 4.79 Å². The van der Waals surface area contributed by atoms with Crippen molar-refractivity contribution in [3.63, 3.8) is 0 Å². The summed E-state index contributed by atoms with van der Waals surface area (Å²) in [6.45, 7) is 0. The zero-order valence-electron chi connectivity index (χ0n) is 6.97. The Bertz CT molecular complexity index is 540. The number of fused-ring (bicyclic) bond motifs is 1. The van der Waals surface area contributed by atoms with E-state index in [0.29, 0.717) is 11.8 Å². The minimum absolute atomic E-state index is 0.0143. The molecule has 0 saturated carbocycles. The fourth-order valence-electron chi connectivity index (χ4n) is 1.37. The number of carbonyl (C=O) groups is 1. The molecule has 1 aliphatic heterocycles. The molecule has 0 fully saturated rings. The van der Waals surface area contributed by atoms with Crippen molar-refractivity contribution in [2.75, 3.05) is 0 Å².